The van der Waals surface area contributed by atoms with Crippen LogP contribution in [0.3, 0.4) is 0 Å². The van der Waals surface area contributed by atoms with Crippen LogP contribution in [0.15, 0.2) is 106 Å². The number of carbonyl (C=O) groups is 2. The Kier molecular flexibility index (Phi) is 9.00. The maximum absolute atomic E-state index is 16.6. The molecule has 1 aromatic heterocycles. The highest BCUT2D eigenvalue weighted by molar-refractivity contribution is 9.10. The summed E-state index contributed by atoms with van der Waals surface area (Å²) in [6, 6.07) is 27.7. The fraction of sp³-hybridized carbons (Fsp3) is 0.317. The van der Waals surface area contributed by atoms with Crippen molar-refractivity contribution >= 4 is 52.6 Å². The second-order valence-corrected chi connectivity index (χ2v) is 19.7. The van der Waals surface area contributed by atoms with E-state index in [1.807, 2.05) is 85.8 Å². The maximum atomic E-state index is 16.6. The van der Waals surface area contributed by atoms with Gasteiger partial charge in [0.25, 0.3) is 11.5 Å². The highest BCUT2D eigenvalue weighted by Gasteiger charge is 2.67. The smallest absolute Gasteiger partial charge is 0.279 e. The zero-order valence-corrected chi connectivity index (χ0v) is 32.3. The lowest BCUT2D eigenvalue weighted by atomic mass is 9.82. The van der Waals surface area contributed by atoms with Gasteiger partial charge in [-0.3, -0.25) is 14.4 Å². The Morgan fingerprint density at radius 2 is 1.77 bits per heavy atom. The number of aliphatic hydroxyl groups is 1. The average molecular weight is 796 g/mol. The molecule has 4 heterocycles. The molecule has 12 heteroatoms. The largest absolute Gasteiger partial charge is 0.394 e. The van der Waals surface area contributed by atoms with Crippen LogP contribution < -0.4 is 10.5 Å². The summed E-state index contributed by atoms with van der Waals surface area (Å²) >= 11 is 3.60. The third-order valence-electron chi connectivity index (χ3n) is 11.4. The van der Waals surface area contributed by atoms with Gasteiger partial charge in [0.15, 0.2) is 5.60 Å². The molecule has 1 N–H and O–H groups in total. The molecule has 8 rings (SSSR count). The van der Waals surface area contributed by atoms with Crippen molar-refractivity contribution in [3.8, 4) is 5.69 Å². The maximum Gasteiger partial charge on any atom is 0.279 e. The first-order valence-corrected chi connectivity index (χ1v) is 21.7. The molecule has 9 nitrogen and oxygen atoms in total. The number of benzene rings is 4. The molecule has 272 valence electrons. The molecule has 3 aliphatic heterocycles. The predicted molar refractivity (Wildman–Crippen MR) is 207 cm³/mol. The minimum absolute atomic E-state index is 0.109. The van der Waals surface area contributed by atoms with Crippen LogP contribution in [0.4, 0.5) is 9.80 Å². The van der Waals surface area contributed by atoms with Gasteiger partial charge in [0.1, 0.15) is 0 Å². The first-order chi connectivity index (χ1) is 25.4. The van der Waals surface area contributed by atoms with Crippen molar-refractivity contribution in [3.63, 3.8) is 0 Å². The van der Waals surface area contributed by atoms with E-state index in [2.05, 4.69) is 21.0 Å². The van der Waals surface area contributed by atoms with Crippen LogP contribution in [0.5, 0.6) is 0 Å². The predicted octanol–water partition coefficient (Wildman–Crippen LogP) is 6.81. The van der Waals surface area contributed by atoms with Crippen LogP contribution in [-0.4, -0.2) is 58.8 Å². The van der Waals surface area contributed by atoms with Crippen LogP contribution in [0, 0.1) is 5.92 Å². The molecule has 0 aliphatic carbocycles. The molecule has 0 radical (unpaired) electrons. The van der Waals surface area contributed by atoms with E-state index in [1.54, 1.807) is 41.2 Å². The number of carbonyl (C=O) groups excluding carboxylic acids is 2. The van der Waals surface area contributed by atoms with E-state index in [4.69, 9.17) is 4.74 Å². The summed E-state index contributed by atoms with van der Waals surface area (Å²) in [4.78, 5) is 45.9. The van der Waals surface area contributed by atoms with Gasteiger partial charge in [-0.2, -0.15) is 9.78 Å². The van der Waals surface area contributed by atoms with Crippen molar-refractivity contribution < 1.29 is 23.5 Å². The van der Waals surface area contributed by atoms with Crippen LogP contribution >= 0.6 is 15.9 Å². The third-order valence-corrected chi connectivity index (χ3v) is 14.3. The number of halogens is 2. The monoisotopic (exact) mass is 794 g/mol. The summed E-state index contributed by atoms with van der Waals surface area (Å²) in [5.41, 5.74) is 2.28. The summed E-state index contributed by atoms with van der Waals surface area (Å²) in [5.74, 6) is -1.13. The van der Waals surface area contributed by atoms with Gasteiger partial charge < -0.3 is 23.8 Å². The Hall–Kier alpha value is -4.49. The van der Waals surface area contributed by atoms with Crippen molar-refractivity contribution in [2.75, 3.05) is 11.5 Å². The molecule has 5 atom stereocenters. The average Bonchev–Trinajstić information content (AvgIpc) is 3.56. The van der Waals surface area contributed by atoms with E-state index in [0.717, 1.165) is 26.5 Å². The molecule has 0 unspecified atom stereocenters. The van der Waals surface area contributed by atoms with E-state index < -0.39 is 37.6 Å². The lowest BCUT2D eigenvalue weighted by Crippen LogP contribution is -2.48. The van der Waals surface area contributed by atoms with Gasteiger partial charge in [-0.15, -0.1) is 0 Å². The number of hydrogen-bond donors (Lipinski definition) is 1. The number of amides is 2. The summed E-state index contributed by atoms with van der Waals surface area (Å²) < 4.78 is 25.5. The second kappa shape index (κ2) is 13.4. The van der Waals surface area contributed by atoms with Crippen molar-refractivity contribution in [3.05, 3.63) is 134 Å². The van der Waals surface area contributed by atoms with Gasteiger partial charge in [0.05, 0.1) is 54.7 Å². The molecular weight excluding hydrogens is 755 g/mol. The molecule has 0 bridgehead atoms. The zero-order valence-electron chi connectivity index (χ0n) is 29.7. The highest BCUT2D eigenvalue weighted by atomic mass is 79.9. The summed E-state index contributed by atoms with van der Waals surface area (Å²) in [7, 11) is -3.54. The Bertz CT molecular complexity index is 2330. The fourth-order valence-corrected chi connectivity index (χ4v) is 11.8. The van der Waals surface area contributed by atoms with E-state index >= 15 is 4.11 Å². The lowest BCUT2D eigenvalue weighted by Gasteiger charge is -2.37. The van der Waals surface area contributed by atoms with Crippen LogP contribution in [-0.2, 0) is 39.4 Å². The molecule has 1 spiro atoms. The molecule has 53 heavy (non-hydrogen) atoms. The third kappa shape index (κ3) is 5.96. The van der Waals surface area contributed by atoms with E-state index in [1.165, 1.54) is 4.68 Å². The zero-order chi connectivity index (χ0) is 37.2. The van der Waals surface area contributed by atoms with Gasteiger partial charge in [0, 0.05) is 33.4 Å². The second-order valence-electron chi connectivity index (χ2n) is 15.0. The van der Waals surface area contributed by atoms with Gasteiger partial charge in [0.2, 0.25) is 14.3 Å². The number of rotatable bonds is 7. The lowest BCUT2D eigenvalue weighted by molar-refractivity contribution is -0.151. The molecule has 4 aromatic carbocycles. The quantitative estimate of drug-likeness (QED) is 0.144. The summed E-state index contributed by atoms with van der Waals surface area (Å²) in [5, 5.41) is 16.0. The first kappa shape index (κ1) is 35.5. The van der Waals surface area contributed by atoms with E-state index in [0.29, 0.717) is 35.3 Å². The number of fused-ring (bicyclic) bond motifs is 4. The first-order valence-electron chi connectivity index (χ1n) is 17.9. The van der Waals surface area contributed by atoms with Crippen LogP contribution in [0.25, 0.3) is 16.5 Å². The molecular formula is C41H40BrFN4O5Si. The van der Waals surface area contributed by atoms with Gasteiger partial charge >= 0.3 is 0 Å². The number of anilines is 1. The minimum atomic E-state index is -3.54. The Labute approximate surface area is 316 Å². The molecule has 1 fully saturated rings. The summed E-state index contributed by atoms with van der Waals surface area (Å²) in [6.45, 7) is 5.43. The SMILES string of the molecule is C[C@H]1[C@H]([Si](C)(C)F)[C@@H](CC(=O)N2Cc3ccccc3C[C@H]2CO)O[C@]12C(=O)N(Cc1cccc(-n3ncc4ccccc4c3=O)c1)c1ccc(Br)cc12. The molecule has 0 saturated carbocycles. The van der Waals surface area contributed by atoms with Crippen LogP contribution in [0.2, 0.25) is 18.6 Å². The van der Waals surface area contributed by atoms with Crippen molar-refractivity contribution in [1.82, 2.24) is 14.7 Å². The van der Waals surface area contributed by atoms with Crippen LogP contribution in [0.1, 0.15) is 35.6 Å². The van der Waals surface area contributed by atoms with Crippen molar-refractivity contribution in [2.45, 2.75) is 69.2 Å². The Morgan fingerprint density at radius 3 is 2.55 bits per heavy atom. The normalized spacial score (nSPS) is 23.8. The highest BCUT2D eigenvalue weighted by Crippen LogP contribution is 2.60. The Morgan fingerprint density at radius 1 is 1.02 bits per heavy atom. The summed E-state index contributed by atoms with van der Waals surface area (Å²) in [6.07, 6.45) is 1.22. The number of ether oxygens (including phenoxy) is 1. The Balaban J connectivity index is 1.13. The minimum Gasteiger partial charge on any atom is -0.394 e. The van der Waals surface area contributed by atoms with Crippen molar-refractivity contribution in [1.29, 1.82) is 0 Å². The standard InChI is InChI=1S/C41H40BrFN4O5Si/c1-25-38(53(2,3)43)36(20-37(49)45-23-29-12-5-4-10-27(29)18-32(45)24-48)52-41(25)34-19-30(42)15-16-35(34)46(40(41)51)22-26-9-8-13-31(17-26)47-39(50)33-14-7-6-11-28(33)21-44-47/h4-17,19,21,25,32,36,38,48H,18,20,22-24H2,1-3H3/t25-,32-,36+,38-,41+/m0/s1. The molecule has 2 amide bonds. The van der Waals surface area contributed by atoms with Gasteiger partial charge in [-0.05, 0) is 72.6 Å². The molecule has 1 saturated heterocycles. The van der Waals surface area contributed by atoms with Gasteiger partial charge in [-0.1, -0.05) is 77.5 Å². The number of aromatic nitrogens is 2. The number of hydrogen-bond acceptors (Lipinski definition) is 6. The molecule has 5 aromatic rings. The number of aliphatic hydroxyl groups excluding tert-OH is 1. The topological polar surface area (TPSA) is 105 Å². The number of nitrogens with zero attached hydrogens (tertiary/aromatic N) is 4. The fourth-order valence-electron chi connectivity index (χ4n) is 8.95. The van der Waals surface area contributed by atoms with Gasteiger partial charge in [-0.25, -0.2) is 0 Å². The van der Waals surface area contributed by atoms with E-state index in [-0.39, 0.29) is 36.9 Å². The van der Waals surface area contributed by atoms with E-state index in [9.17, 15) is 19.5 Å². The van der Waals surface area contributed by atoms with Crippen molar-refractivity contribution in [2.24, 2.45) is 5.92 Å². The molecule has 3 aliphatic rings.